The van der Waals surface area contributed by atoms with Crippen LogP contribution >= 0.6 is 11.6 Å². The number of anilines is 2. The molecule has 150 valence electrons. The van der Waals surface area contributed by atoms with Gasteiger partial charge in [0.25, 0.3) is 17.7 Å². The highest BCUT2D eigenvalue weighted by Gasteiger charge is 2.37. The number of hydrogen-bond acceptors (Lipinski definition) is 4. The van der Waals surface area contributed by atoms with E-state index in [0.29, 0.717) is 29.0 Å². The third-order valence-corrected chi connectivity index (χ3v) is 5.07. The molecule has 0 bridgehead atoms. The molecule has 0 atom stereocenters. The molecule has 1 heterocycles. The van der Waals surface area contributed by atoms with E-state index in [1.54, 1.807) is 55.6 Å². The van der Waals surface area contributed by atoms with Crippen LogP contribution in [-0.4, -0.2) is 24.8 Å². The second-order valence-electron chi connectivity index (χ2n) is 6.74. The molecule has 3 amide bonds. The van der Waals surface area contributed by atoms with Gasteiger partial charge in [-0.05, 0) is 48.0 Å². The van der Waals surface area contributed by atoms with Gasteiger partial charge in [0.2, 0.25) is 0 Å². The molecule has 0 aromatic heterocycles. The number of carbonyl (C=O) groups is 3. The number of methoxy groups -OCH3 is 1. The standard InChI is InChI=1S/C23H17ClN2O4/c1-30-13-14-6-8-15(9-7-14)21(27)25-16-10-11-20(19(24)12-16)26-22(28)17-4-2-3-5-18(17)23(26)29/h2-12H,13H2,1H3,(H,25,27). The highest BCUT2D eigenvalue weighted by Crippen LogP contribution is 2.34. The number of carbonyl (C=O) groups excluding carboxylic acids is 3. The lowest BCUT2D eigenvalue weighted by atomic mass is 10.1. The molecule has 0 saturated heterocycles. The average molecular weight is 421 g/mol. The molecular formula is C23H17ClN2O4. The van der Waals surface area contributed by atoms with E-state index >= 15 is 0 Å². The predicted molar refractivity (Wildman–Crippen MR) is 114 cm³/mol. The van der Waals surface area contributed by atoms with Crippen molar-refractivity contribution in [1.29, 1.82) is 0 Å². The minimum absolute atomic E-state index is 0.178. The van der Waals surface area contributed by atoms with E-state index in [9.17, 15) is 14.4 Å². The molecule has 1 N–H and O–H groups in total. The molecule has 0 unspecified atom stereocenters. The Labute approximate surface area is 178 Å². The number of ether oxygens (including phenoxy) is 1. The van der Waals surface area contributed by atoms with Crippen LogP contribution in [0.15, 0.2) is 66.7 Å². The molecule has 4 rings (SSSR count). The fourth-order valence-corrected chi connectivity index (χ4v) is 3.56. The molecule has 1 aliphatic heterocycles. The molecule has 1 aliphatic rings. The van der Waals surface area contributed by atoms with Crippen molar-refractivity contribution in [3.05, 3.63) is 94.0 Å². The molecule has 0 spiro atoms. The Hall–Kier alpha value is -3.48. The molecule has 0 aliphatic carbocycles. The molecule has 6 nitrogen and oxygen atoms in total. The van der Waals surface area contributed by atoms with Gasteiger partial charge < -0.3 is 10.1 Å². The Balaban J connectivity index is 1.53. The first-order valence-corrected chi connectivity index (χ1v) is 9.54. The van der Waals surface area contributed by atoms with Crippen molar-refractivity contribution < 1.29 is 19.1 Å². The summed E-state index contributed by atoms with van der Waals surface area (Å²) in [5.41, 5.74) is 2.84. The lowest BCUT2D eigenvalue weighted by Gasteiger charge is -2.16. The van der Waals surface area contributed by atoms with Gasteiger partial charge in [-0.1, -0.05) is 35.9 Å². The average Bonchev–Trinajstić information content (AvgIpc) is 3.00. The quantitative estimate of drug-likeness (QED) is 0.615. The van der Waals surface area contributed by atoms with Crippen molar-refractivity contribution >= 4 is 40.7 Å². The number of hydrogen-bond donors (Lipinski definition) is 1. The van der Waals surface area contributed by atoms with E-state index in [1.807, 2.05) is 12.1 Å². The van der Waals surface area contributed by atoms with Crippen molar-refractivity contribution in [2.24, 2.45) is 0 Å². The van der Waals surface area contributed by atoms with Crippen molar-refractivity contribution in [3.8, 4) is 0 Å². The van der Waals surface area contributed by atoms with Gasteiger partial charge in [0.15, 0.2) is 0 Å². The zero-order chi connectivity index (χ0) is 21.3. The fourth-order valence-electron chi connectivity index (χ4n) is 3.30. The number of fused-ring (bicyclic) bond motifs is 1. The van der Waals surface area contributed by atoms with Crippen LogP contribution in [-0.2, 0) is 11.3 Å². The Morgan fingerprint density at radius 2 is 1.60 bits per heavy atom. The summed E-state index contributed by atoms with van der Waals surface area (Å²) in [6, 6.07) is 18.3. The Morgan fingerprint density at radius 1 is 0.967 bits per heavy atom. The SMILES string of the molecule is COCc1ccc(C(=O)Nc2ccc(N3C(=O)c4ccccc4C3=O)c(Cl)c2)cc1. The predicted octanol–water partition coefficient (Wildman–Crippen LogP) is 4.54. The topological polar surface area (TPSA) is 75.7 Å². The second kappa shape index (κ2) is 8.10. The highest BCUT2D eigenvalue weighted by atomic mass is 35.5. The zero-order valence-corrected chi connectivity index (χ0v) is 16.8. The van der Waals surface area contributed by atoms with Crippen LogP contribution in [0.25, 0.3) is 0 Å². The van der Waals surface area contributed by atoms with Gasteiger partial charge in [-0.3, -0.25) is 14.4 Å². The number of nitrogens with zero attached hydrogens (tertiary/aromatic N) is 1. The molecule has 3 aromatic carbocycles. The van der Waals surface area contributed by atoms with E-state index in [-0.39, 0.29) is 16.6 Å². The maximum atomic E-state index is 12.6. The van der Waals surface area contributed by atoms with Crippen LogP contribution in [0.1, 0.15) is 36.6 Å². The minimum Gasteiger partial charge on any atom is -0.380 e. The van der Waals surface area contributed by atoms with E-state index in [0.717, 1.165) is 10.5 Å². The lowest BCUT2D eigenvalue weighted by Crippen LogP contribution is -2.29. The van der Waals surface area contributed by atoms with Crippen LogP contribution in [0.5, 0.6) is 0 Å². The van der Waals surface area contributed by atoms with Gasteiger partial charge in [0.05, 0.1) is 28.4 Å². The molecule has 7 heteroatoms. The number of imide groups is 1. The monoisotopic (exact) mass is 420 g/mol. The maximum Gasteiger partial charge on any atom is 0.266 e. The molecule has 0 radical (unpaired) electrons. The van der Waals surface area contributed by atoms with Crippen LogP contribution in [0.3, 0.4) is 0 Å². The number of nitrogens with one attached hydrogen (secondary N) is 1. The van der Waals surface area contributed by atoms with Gasteiger partial charge >= 0.3 is 0 Å². The number of amides is 3. The van der Waals surface area contributed by atoms with E-state index < -0.39 is 11.8 Å². The molecule has 30 heavy (non-hydrogen) atoms. The summed E-state index contributed by atoms with van der Waals surface area (Å²) in [5.74, 6) is -1.15. The van der Waals surface area contributed by atoms with E-state index in [2.05, 4.69) is 5.32 Å². The van der Waals surface area contributed by atoms with Gasteiger partial charge in [0.1, 0.15) is 0 Å². The van der Waals surface area contributed by atoms with Crippen LogP contribution in [0, 0.1) is 0 Å². The van der Waals surface area contributed by atoms with Gasteiger partial charge in [-0.25, -0.2) is 4.90 Å². The maximum absolute atomic E-state index is 12.6. The molecular weight excluding hydrogens is 404 g/mol. The van der Waals surface area contributed by atoms with Crippen LogP contribution < -0.4 is 10.2 Å². The fraction of sp³-hybridized carbons (Fsp3) is 0.0870. The molecule has 3 aromatic rings. The zero-order valence-electron chi connectivity index (χ0n) is 16.0. The number of halogens is 1. The van der Waals surface area contributed by atoms with Gasteiger partial charge in [-0.15, -0.1) is 0 Å². The first kappa shape index (κ1) is 19.8. The van der Waals surface area contributed by atoms with E-state index in [1.165, 1.54) is 6.07 Å². The number of benzene rings is 3. The summed E-state index contributed by atoms with van der Waals surface area (Å²) in [6.07, 6.45) is 0. The number of rotatable bonds is 5. The normalized spacial score (nSPS) is 12.8. The summed E-state index contributed by atoms with van der Waals surface area (Å²) in [7, 11) is 1.61. The molecule has 0 fully saturated rings. The molecule has 0 saturated carbocycles. The van der Waals surface area contributed by atoms with Crippen LogP contribution in [0.4, 0.5) is 11.4 Å². The first-order chi connectivity index (χ1) is 14.5. The Morgan fingerprint density at radius 3 is 2.17 bits per heavy atom. The third kappa shape index (κ3) is 3.58. The largest absolute Gasteiger partial charge is 0.380 e. The van der Waals surface area contributed by atoms with Gasteiger partial charge in [0, 0.05) is 18.4 Å². The summed E-state index contributed by atoms with van der Waals surface area (Å²) in [6.45, 7) is 0.469. The van der Waals surface area contributed by atoms with Crippen LogP contribution in [0.2, 0.25) is 5.02 Å². The first-order valence-electron chi connectivity index (χ1n) is 9.16. The lowest BCUT2D eigenvalue weighted by molar-refractivity contribution is 0.0924. The van der Waals surface area contributed by atoms with Crippen molar-refractivity contribution in [1.82, 2.24) is 0 Å². The van der Waals surface area contributed by atoms with Crippen molar-refractivity contribution in [2.75, 3.05) is 17.3 Å². The summed E-state index contributed by atoms with van der Waals surface area (Å²) in [4.78, 5) is 38.8. The smallest absolute Gasteiger partial charge is 0.266 e. The summed E-state index contributed by atoms with van der Waals surface area (Å²) in [5, 5.41) is 2.94. The minimum atomic E-state index is -0.426. The second-order valence-corrected chi connectivity index (χ2v) is 7.15. The van der Waals surface area contributed by atoms with E-state index in [4.69, 9.17) is 16.3 Å². The summed E-state index contributed by atoms with van der Waals surface area (Å²) >= 11 is 6.36. The Bertz CT molecular complexity index is 1120. The Kier molecular flexibility index (Phi) is 5.35. The van der Waals surface area contributed by atoms with Crippen molar-refractivity contribution in [3.63, 3.8) is 0 Å². The van der Waals surface area contributed by atoms with Gasteiger partial charge in [-0.2, -0.15) is 0 Å². The summed E-state index contributed by atoms with van der Waals surface area (Å²) < 4.78 is 5.06. The van der Waals surface area contributed by atoms with Crippen molar-refractivity contribution in [2.45, 2.75) is 6.61 Å². The highest BCUT2D eigenvalue weighted by molar-refractivity contribution is 6.40. The third-order valence-electron chi connectivity index (χ3n) is 4.77.